The summed E-state index contributed by atoms with van der Waals surface area (Å²) in [6.45, 7) is 6.97. The molecule has 0 unspecified atom stereocenters. The Hall–Kier alpha value is -2.04. The first-order valence-corrected chi connectivity index (χ1v) is 6.51. The zero-order valence-electron chi connectivity index (χ0n) is 12.1. The maximum atomic E-state index is 5.82. The number of ether oxygens (including phenoxy) is 2. The van der Waals surface area contributed by atoms with Crippen LogP contribution in [0.25, 0.3) is 0 Å². The molecule has 0 aliphatic carbocycles. The van der Waals surface area contributed by atoms with E-state index in [4.69, 9.17) is 18.8 Å². The van der Waals surface area contributed by atoms with Crippen molar-refractivity contribution in [3.8, 4) is 5.75 Å². The molecule has 0 spiro atoms. The number of methoxy groups -OCH3 is 1. The summed E-state index contributed by atoms with van der Waals surface area (Å²) < 4.78 is 22.2. The summed E-state index contributed by atoms with van der Waals surface area (Å²) in [5, 5.41) is 0. The zero-order valence-corrected chi connectivity index (χ0v) is 15.0. The van der Waals surface area contributed by atoms with Crippen molar-refractivity contribution in [2.24, 2.45) is 0 Å². The van der Waals surface area contributed by atoms with Crippen LogP contribution in [-0.4, -0.2) is 33.0 Å². The molecule has 0 bridgehead atoms. The van der Waals surface area contributed by atoms with Crippen molar-refractivity contribution in [3.05, 3.63) is 30.9 Å². The molecule has 1 heterocycles. The molecule has 1 fully saturated rings. The SMILES string of the molecule is COCCCOc1ccccc1B1O[CH-]C(C)(C)O1.[Cm]. The van der Waals surface area contributed by atoms with Gasteiger partial charge in [-0.1, -0.05) is 37.6 Å². The Bertz CT molecular complexity index is 414. The molecule has 0 amide bonds. The predicted octanol–water partition coefficient (Wildman–Crippen LogP) is 1.78. The summed E-state index contributed by atoms with van der Waals surface area (Å²) in [5.74, 6) is 0.801. The first-order chi connectivity index (χ1) is 9.12. The molecule has 1 aliphatic rings. The zero-order chi connectivity index (χ0) is 13.7. The molecule has 0 N–H and O–H groups in total. The van der Waals surface area contributed by atoms with Crippen LogP contribution in [0.15, 0.2) is 24.3 Å². The van der Waals surface area contributed by atoms with E-state index in [2.05, 4.69) is 0 Å². The molecule has 1 aliphatic heterocycles. The van der Waals surface area contributed by atoms with Crippen molar-refractivity contribution in [2.75, 3.05) is 20.3 Å². The van der Waals surface area contributed by atoms with E-state index < -0.39 is 7.12 Å². The van der Waals surface area contributed by atoms with Crippen LogP contribution in [-0.2, 0) is 14.0 Å². The van der Waals surface area contributed by atoms with Crippen molar-refractivity contribution in [1.29, 1.82) is 0 Å². The quantitative estimate of drug-likeness (QED) is 0.333. The smallest absolute Gasteiger partial charge is 0.463 e. The van der Waals surface area contributed by atoms with Gasteiger partial charge in [-0.2, -0.15) is 0 Å². The van der Waals surface area contributed by atoms with E-state index in [1.807, 2.05) is 38.1 Å². The maximum absolute atomic E-state index is 5.82. The summed E-state index contributed by atoms with van der Waals surface area (Å²) in [5.41, 5.74) is 0.551. The summed E-state index contributed by atoms with van der Waals surface area (Å²) in [4.78, 5) is 0. The van der Waals surface area contributed by atoms with Gasteiger partial charge in [0.1, 0.15) is 5.75 Å². The van der Waals surface area contributed by atoms with Gasteiger partial charge in [-0.05, 0) is 6.07 Å². The van der Waals surface area contributed by atoms with Gasteiger partial charge in [0.05, 0.1) is 6.61 Å². The molecule has 1 aromatic rings. The number of rotatable bonds is 6. The van der Waals surface area contributed by atoms with E-state index in [0.717, 1.165) is 17.6 Å². The van der Waals surface area contributed by atoms with Crippen molar-refractivity contribution in [2.45, 2.75) is 25.9 Å². The van der Waals surface area contributed by atoms with Crippen LogP contribution in [0, 0.1) is 6.61 Å². The standard InChI is InChI=1S/C14H20BO4.Cm/c1-14(2)11-18-15(19-14)12-7-4-5-8-13(12)17-10-6-9-16-3;/h4-5,7-8,11H,6,9-10H2,1-3H3;/q-1;. The summed E-state index contributed by atoms with van der Waals surface area (Å²) in [6, 6.07) is 7.79. The van der Waals surface area contributed by atoms with Gasteiger partial charge in [-0.3, -0.25) is 0 Å². The normalized spacial score (nSPS) is 16.9. The number of hydrogen-bond donors (Lipinski definition) is 0. The Morgan fingerprint density at radius 3 is 2.65 bits per heavy atom. The first kappa shape index (κ1) is 16.0. The van der Waals surface area contributed by atoms with Gasteiger partial charge in [0.2, 0.25) is 0 Å². The topological polar surface area (TPSA) is 36.9 Å². The molecule has 0 radical (unpaired) electrons. The van der Waals surface area contributed by atoms with Crippen molar-refractivity contribution < 1.29 is 18.8 Å². The van der Waals surface area contributed by atoms with E-state index in [1.165, 1.54) is 0 Å². The van der Waals surface area contributed by atoms with E-state index in [9.17, 15) is 0 Å². The minimum Gasteiger partial charge on any atom is -0.583 e. The average molecular weight is 510 g/mol. The maximum Gasteiger partial charge on any atom is 0.463 e. The second-order valence-corrected chi connectivity index (χ2v) is 5.04. The van der Waals surface area contributed by atoms with Gasteiger partial charge in [-0.15, -0.1) is 0 Å². The second-order valence-electron chi connectivity index (χ2n) is 5.04. The fourth-order valence-corrected chi connectivity index (χ4v) is 1.89. The molecule has 4 nitrogen and oxygen atoms in total. The Morgan fingerprint density at radius 2 is 2.00 bits per heavy atom. The van der Waals surface area contributed by atoms with Crippen molar-refractivity contribution in [3.63, 3.8) is 0 Å². The van der Waals surface area contributed by atoms with Gasteiger partial charge in [0, 0.05) is 25.6 Å². The number of hydrogen-bond acceptors (Lipinski definition) is 4. The van der Waals surface area contributed by atoms with E-state index >= 15 is 0 Å². The molecule has 1 aromatic carbocycles. The van der Waals surface area contributed by atoms with Gasteiger partial charge in [0.15, 0.2) is 0 Å². The molecule has 1 saturated heterocycles. The van der Waals surface area contributed by atoms with Gasteiger partial charge >= 0.3 is 7.12 Å². The van der Waals surface area contributed by atoms with Crippen LogP contribution in [0.5, 0.6) is 5.75 Å². The largest absolute Gasteiger partial charge is 0.583 e. The fourth-order valence-electron chi connectivity index (χ4n) is 1.89. The van der Waals surface area contributed by atoms with Gasteiger partial charge in [0.25, 0.3) is 0 Å². The van der Waals surface area contributed by atoms with Crippen LogP contribution >= 0.6 is 0 Å². The minimum absolute atomic E-state index is 0. The molecule has 2 rings (SSSR count). The molecule has 0 aromatic heterocycles. The fraction of sp³-hybridized carbons (Fsp3) is 0.500. The van der Waals surface area contributed by atoms with Crippen LogP contribution in [0.2, 0.25) is 0 Å². The molecule has 6 heteroatoms. The van der Waals surface area contributed by atoms with E-state index in [1.54, 1.807) is 13.7 Å². The Balaban J connectivity index is 0.00000200. The Kier molecular flexibility index (Phi) is 5.56. The third kappa shape index (κ3) is 3.98. The average Bonchev–Trinajstić information content (AvgIpc) is 2.75. The molecular weight excluding hydrogens is 490 g/mol. The molecule has 20 heavy (non-hydrogen) atoms. The van der Waals surface area contributed by atoms with Gasteiger partial charge in [-0.25, -0.2) is 6.61 Å². The molecule has 0 atom stereocenters. The summed E-state index contributed by atoms with van der Waals surface area (Å²) in [7, 11) is 1.29. The molecular formula is C14H20BCmO4-. The predicted molar refractivity (Wildman–Crippen MR) is 74.4 cm³/mol. The van der Waals surface area contributed by atoms with E-state index in [0.29, 0.717) is 13.2 Å². The molecule has 112 valence electrons. The Morgan fingerprint density at radius 1 is 1.25 bits per heavy atom. The van der Waals surface area contributed by atoms with Crippen LogP contribution in [0.3, 0.4) is 0 Å². The number of para-hydroxylation sites is 1. The minimum atomic E-state index is -0.395. The van der Waals surface area contributed by atoms with E-state index in [-0.39, 0.29) is 5.60 Å². The second kappa shape index (κ2) is 6.94. The van der Waals surface area contributed by atoms with Crippen LogP contribution in [0.1, 0.15) is 20.3 Å². The third-order valence-corrected chi connectivity index (χ3v) is 2.81. The number of benzene rings is 1. The monoisotopic (exact) mass is 506 g/mol. The Labute approximate surface area is 115 Å². The van der Waals surface area contributed by atoms with Crippen molar-refractivity contribution in [1.82, 2.24) is 0 Å². The van der Waals surface area contributed by atoms with Crippen LogP contribution < -0.4 is 10.2 Å². The van der Waals surface area contributed by atoms with Gasteiger partial charge < -0.3 is 18.8 Å². The molecule has 0 saturated carbocycles. The van der Waals surface area contributed by atoms with Crippen molar-refractivity contribution >= 4 is 12.6 Å². The summed E-state index contributed by atoms with van der Waals surface area (Å²) in [6.07, 6.45) is 0.856. The summed E-state index contributed by atoms with van der Waals surface area (Å²) >= 11 is 0. The first-order valence-electron chi connectivity index (χ1n) is 6.51. The third-order valence-electron chi connectivity index (χ3n) is 2.81. The van der Waals surface area contributed by atoms with Crippen LogP contribution in [0.4, 0.5) is 0 Å².